The highest BCUT2D eigenvalue weighted by Gasteiger charge is 2.40. The molecule has 1 amide bonds. The molecule has 0 radical (unpaired) electrons. The maximum absolute atomic E-state index is 11.9. The summed E-state index contributed by atoms with van der Waals surface area (Å²) < 4.78 is 5.26. The largest absolute Gasteiger partial charge is 0.479 e. The Morgan fingerprint density at radius 2 is 1.87 bits per heavy atom. The number of hydrogen-bond donors (Lipinski definition) is 2. The van der Waals surface area contributed by atoms with Gasteiger partial charge in [-0.2, -0.15) is 0 Å². The van der Waals surface area contributed by atoms with Crippen LogP contribution in [0.5, 0.6) is 0 Å². The third-order valence-electron chi connectivity index (χ3n) is 2.88. The summed E-state index contributed by atoms with van der Waals surface area (Å²) >= 11 is 3.11. The van der Waals surface area contributed by atoms with Crippen LogP contribution in [0.2, 0.25) is 0 Å². The lowest BCUT2D eigenvalue weighted by Crippen LogP contribution is -2.51. The van der Waals surface area contributed by atoms with Crippen LogP contribution in [0.25, 0.3) is 0 Å². The van der Waals surface area contributed by atoms with Crippen molar-refractivity contribution in [1.82, 2.24) is 5.32 Å². The first-order valence-electron chi connectivity index (χ1n) is 6.56. The number of rotatable bonds is 4. The zero-order valence-electron chi connectivity index (χ0n) is 13.0. The van der Waals surface area contributed by atoms with Crippen molar-refractivity contribution in [2.45, 2.75) is 38.8 Å². The number of ether oxygens (including phenoxy) is 1. The number of non-ortho nitro benzene ring substituents is 1. The average Bonchev–Trinajstić information content (AvgIpc) is 2.35. The van der Waals surface area contributed by atoms with E-state index >= 15 is 0 Å². The van der Waals surface area contributed by atoms with E-state index in [1.54, 1.807) is 20.8 Å². The molecule has 0 heterocycles. The second-order valence-electron chi connectivity index (χ2n) is 5.98. The van der Waals surface area contributed by atoms with Crippen molar-refractivity contribution >= 4 is 33.7 Å². The van der Waals surface area contributed by atoms with Gasteiger partial charge in [0.25, 0.3) is 5.69 Å². The summed E-state index contributed by atoms with van der Waals surface area (Å²) in [6.07, 6.45) is -0.910. The highest BCUT2D eigenvalue weighted by atomic mass is 79.9. The van der Waals surface area contributed by atoms with Gasteiger partial charge in [-0.05, 0) is 33.8 Å². The predicted molar refractivity (Wildman–Crippen MR) is 85.2 cm³/mol. The smallest absolute Gasteiger partial charge is 0.408 e. The molecule has 0 aromatic heterocycles. The van der Waals surface area contributed by atoms with Crippen LogP contribution in [0.15, 0.2) is 22.7 Å². The van der Waals surface area contributed by atoms with Gasteiger partial charge in [-0.25, -0.2) is 9.59 Å². The highest BCUT2D eigenvalue weighted by Crippen LogP contribution is 2.32. The summed E-state index contributed by atoms with van der Waals surface area (Å²) in [6, 6.07) is 3.61. The van der Waals surface area contributed by atoms with Crippen LogP contribution < -0.4 is 5.32 Å². The molecule has 126 valence electrons. The first-order chi connectivity index (χ1) is 10.4. The van der Waals surface area contributed by atoms with Gasteiger partial charge in [0.1, 0.15) is 5.60 Å². The molecule has 0 aliphatic carbocycles. The number of carbonyl (C=O) groups is 2. The summed E-state index contributed by atoms with van der Waals surface area (Å²) in [5.41, 5.74) is -2.67. The van der Waals surface area contributed by atoms with E-state index in [1.807, 2.05) is 0 Å². The van der Waals surface area contributed by atoms with Gasteiger partial charge in [0.05, 0.1) is 4.92 Å². The standard InChI is InChI=1S/C14H17BrN2O6/c1-13(2,3)23-12(20)16-14(4,11(18)19)9-6-5-8(17(21)22)7-10(9)15/h5-7H,1-4H3,(H,16,20)(H,18,19). The van der Waals surface area contributed by atoms with Crippen molar-refractivity contribution in [2.75, 3.05) is 0 Å². The number of nitrogens with zero attached hydrogens (tertiary/aromatic N) is 1. The number of nitro benzene ring substituents is 1. The molecule has 0 spiro atoms. The fourth-order valence-electron chi connectivity index (χ4n) is 1.77. The Balaban J connectivity index is 3.22. The molecule has 1 aromatic carbocycles. The molecular weight excluding hydrogens is 372 g/mol. The number of carbonyl (C=O) groups excluding carboxylic acids is 1. The minimum absolute atomic E-state index is 0.154. The van der Waals surface area contributed by atoms with E-state index in [9.17, 15) is 24.8 Å². The number of benzene rings is 1. The lowest BCUT2D eigenvalue weighted by atomic mass is 9.92. The van der Waals surface area contributed by atoms with Crippen LogP contribution in [0.4, 0.5) is 10.5 Å². The van der Waals surface area contributed by atoms with E-state index in [4.69, 9.17) is 4.74 Å². The molecule has 0 bridgehead atoms. The van der Waals surface area contributed by atoms with Gasteiger partial charge in [-0.15, -0.1) is 0 Å². The lowest BCUT2D eigenvalue weighted by Gasteiger charge is -2.29. The number of aliphatic carboxylic acids is 1. The molecule has 0 aliphatic rings. The number of alkyl carbamates (subject to hydrolysis) is 1. The third kappa shape index (κ3) is 4.65. The fraction of sp³-hybridized carbons (Fsp3) is 0.429. The molecular formula is C14H17BrN2O6. The summed E-state index contributed by atoms with van der Waals surface area (Å²) in [4.78, 5) is 33.7. The zero-order valence-corrected chi connectivity index (χ0v) is 14.6. The molecule has 23 heavy (non-hydrogen) atoms. The van der Waals surface area contributed by atoms with Crippen molar-refractivity contribution in [1.29, 1.82) is 0 Å². The fourth-order valence-corrected chi connectivity index (χ4v) is 2.53. The Morgan fingerprint density at radius 1 is 1.30 bits per heavy atom. The minimum atomic E-state index is -1.82. The Kier molecular flexibility index (Phi) is 5.36. The number of carboxylic acid groups (broad SMARTS) is 1. The Morgan fingerprint density at radius 3 is 2.26 bits per heavy atom. The van der Waals surface area contributed by atoms with Gasteiger partial charge in [-0.1, -0.05) is 15.9 Å². The molecule has 0 aliphatic heterocycles. The summed E-state index contributed by atoms with van der Waals surface area (Å²) in [6.45, 7) is 6.20. The molecule has 1 aromatic rings. The quantitative estimate of drug-likeness (QED) is 0.603. The molecule has 9 heteroatoms. The number of amides is 1. The van der Waals surface area contributed by atoms with E-state index in [0.29, 0.717) is 0 Å². The maximum Gasteiger partial charge on any atom is 0.408 e. The lowest BCUT2D eigenvalue weighted by molar-refractivity contribution is -0.385. The summed E-state index contributed by atoms with van der Waals surface area (Å²) in [5.74, 6) is -1.34. The molecule has 8 nitrogen and oxygen atoms in total. The second kappa shape index (κ2) is 6.53. The normalized spacial score (nSPS) is 13.8. The van der Waals surface area contributed by atoms with Gasteiger partial charge in [0.2, 0.25) is 0 Å². The van der Waals surface area contributed by atoms with E-state index in [-0.39, 0.29) is 15.7 Å². The van der Waals surface area contributed by atoms with Crippen molar-refractivity contribution in [3.8, 4) is 0 Å². The summed E-state index contributed by atoms with van der Waals surface area (Å²) in [5, 5.41) is 22.6. The minimum Gasteiger partial charge on any atom is -0.479 e. The molecule has 0 fully saturated rings. The highest BCUT2D eigenvalue weighted by molar-refractivity contribution is 9.10. The van der Waals surface area contributed by atoms with E-state index in [1.165, 1.54) is 19.1 Å². The van der Waals surface area contributed by atoms with Crippen LogP contribution in [-0.2, 0) is 15.1 Å². The second-order valence-corrected chi connectivity index (χ2v) is 6.83. The number of nitro groups is 1. The molecule has 0 saturated carbocycles. The molecule has 0 saturated heterocycles. The van der Waals surface area contributed by atoms with Gasteiger partial charge >= 0.3 is 12.1 Å². The molecule has 1 unspecified atom stereocenters. The molecule has 2 N–H and O–H groups in total. The van der Waals surface area contributed by atoms with Crippen LogP contribution in [0.3, 0.4) is 0 Å². The van der Waals surface area contributed by atoms with E-state index in [0.717, 1.165) is 6.07 Å². The SMILES string of the molecule is CC(C)(C)OC(=O)NC(C)(C(=O)O)c1ccc([N+](=O)[O-])cc1Br. The van der Waals surface area contributed by atoms with Crippen molar-refractivity contribution in [3.63, 3.8) is 0 Å². The summed E-state index contributed by atoms with van der Waals surface area (Å²) in [7, 11) is 0. The van der Waals surface area contributed by atoms with Crippen molar-refractivity contribution in [2.24, 2.45) is 0 Å². The number of hydrogen-bond acceptors (Lipinski definition) is 5. The maximum atomic E-state index is 11.9. The monoisotopic (exact) mass is 388 g/mol. The third-order valence-corrected chi connectivity index (χ3v) is 3.54. The van der Waals surface area contributed by atoms with Gasteiger partial charge in [-0.3, -0.25) is 10.1 Å². The van der Waals surface area contributed by atoms with Crippen molar-refractivity contribution < 1.29 is 24.4 Å². The first-order valence-corrected chi connectivity index (χ1v) is 7.35. The topological polar surface area (TPSA) is 119 Å². The first kappa shape index (κ1) is 18.9. The van der Waals surface area contributed by atoms with Crippen LogP contribution in [-0.4, -0.2) is 27.7 Å². The van der Waals surface area contributed by atoms with Gasteiger partial charge in [0.15, 0.2) is 5.54 Å². The van der Waals surface area contributed by atoms with Crippen LogP contribution in [0.1, 0.15) is 33.3 Å². The predicted octanol–water partition coefficient (Wildman–Crippen LogP) is 3.18. The van der Waals surface area contributed by atoms with Crippen LogP contribution >= 0.6 is 15.9 Å². The van der Waals surface area contributed by atoms with Crippen LogP contribution in [0, 0.1) is 10.1 Å². The number of carboxylic acids is 1. The van der Waals surface area contributed by atoms with Crippen molar-refractivity contribution in [3.05, 3.63) is 38.3 Å². The van der Waals surface area contributed by atoms with Gasteiger partial charge in [0, 0.05) is 22.2 Å². The van der Waals surface area contributed by atoms with E-state index in [2.05, 4.69) is 21.2 Å². The molecule has 1 rings (SSSR count). The Labute approximate surface area is 141 Å². The zero-order chi connectivity index (χ0) is 18.0. The molecule has 1 atom stereocenters. The number of halogens is 1. The van der Waals surface area contributed by atoms with Gasteiger partial charge < -0.3 is 15.2 Å². The van der Waals surface area contributed by atoms with E-state index < -0.39 is 28.1 Å². The number of nitrogens with one attached hydrogen (secondary N) is 1. The Hall–Kier alpha value is -2.16. The Bertz CT molecular complexity index is 655. The average molecular weight is 389 g/mol.